The first kappa shape index (κ1) is 27.0. The molecule has 1 aliphatic rings. The third-order valence-corrected chi connectivity index (χ3v) is 7.31. The van der Waals surface area contributed by atoms with E-state index in [0.717, 1.165) is 44.9 Å². The van der Waals surface area contributed by atoms with E-state index in [-0.39, 0.29) is 36.8 Å². The number of benzene rings is 4. The lowest BCUT2D eigenvalue weighted by molar-refractivity contribution is -0.123. The Labute approximate surface area is 236 Å². The molecule has 0 unspecified atom stereocenters. The zero-order valence-corrected chi connectivity index (χ0v) is 23.0. The van der Waals surface area contributed by atoms with Crippen molar-refractivity contribution in [2.24, 2.45) is 0 Å². The zero-order valence-electron chi connectivity index (χ0n) is 22.2. The Morgan fingerprint density at radius 2 is 1.70 bits per heavy atom. The van der Waals surface area contributed by atoms with Crippen molar-refractivity contribution in [3.63, 3.8) is 0 Å². The van der Waals surface area contributed by atoms with Crippen LogP contribution in [0.3, 0.4) is 0 Å². The predicted molar refractivity (Wildman–Crippen MR) is 159 cm³/mol. The summed E-state index contributed by atoms with van der Waals surface area (Å²) < 4.78 is 11.5. The first-order valence-corrected chi connectivity index (χ1v) is 13.6. The Morgan fingerprint density at radius 1 is 0.925 bits per heavy atom. The van der Waals surface area contributed by atoms with Crippen molar-refractivity contribution in [2.45, 2.75) is 13.8 Å². The summed E-state index contributed by atoms with van der Waals surface area (Å²) >= 11 is 0.905. The second kappa shape index (κ2) is 12.1. The van der Waals surface area contributed by atoms with Crippen LogP contribution in [0.2, 0.25) is 0 Å². The van der Waals surface area contributed by atoms with Gasteiger partial charge in [0, 0.05) is 11.1 Å². The molecule has 3 amide bonds. The Kier molecular flexibility index (Phi) is 8.17. The minimum Gasteiger partial charge on any atom is -0.491 e. The Balaban J connectivity index is 1.13. The molecule has 0 atom stereocenters. The van der Waals surface area contributed by atoms with Gasteiger partial charge in [-0.15, -0.1) is 0 Å². The first-order valence-electron chi connectivity index (χ1n) is 12.8. The van der Waals surface area contributed by atoms with Crippen LogP contribution in [0.5, 0.6) is 11.5 Å². The summed E-state index contributed by atoms with van der Waals surface area (Å²) in [7, 11) is 0. The van der Waals surface area contributed by atoms with E-state index in [1.807, 2.05) is 74.5 Å². The number of rotatable bonds is 9. The topological polar surface area (TPSA) is 84.9 Å². The van der Waals surface area contributed by atoms with Gasteiger partial charge in [-0.3, -0.25) is 19.3 Å². The lowest BCUT2D eigenvalue weighted by Gasteiger charge is -2.14. The van der Waals surface area contributed by atoms with Crippen molar-refractivity contribution >= 4 is 51.4 Å². The maximum absolute atomic E-state index is 12.9. The van der Waals surface area contributed by atoms with E-state index in [9.17, 15) is 14.4 Å². The van der Waals surface area contributed by atoms with Gasteiger partial charge in [0.1, 0.15) is 18.1 Å². The van der Waals surface area contributed by atoms with E-state index in [1.54, 1.807) is 30.3 Å². The van der Waals surface area contributed by atoms with Crippen LogP contribution in [0.1, 0.15) is 16.7 Å². The van der Waals surface area contributed by atoms with Crippen LogP contribution in [0.4, 0.5) is 10.5 Å². The van der Waals surface area contributed by atoms with Crippen LogP contribution < -0.4 is 14.8 Å². The number of hydrogen-bond acceptors (Lipinski definition) is 6. The monoisotopic (exact) mass is 552 g/mol. The minimum absolute atomic E-state index is 0.133. The fourth-order valence-corrected chi connectivity index (χ4v) is 5.23. The van der Waals surface area contributed by atoms with Crippen molar-refractivity contribution in [1.29, 1.82) is 0 Å². The van der Waals surface area contributed by atoms with Crippen LogP contribution in [-0.2, 0) is 9.59 Å². The number of nitrogens with one attached hydrogen (secondary N) is 1. The lowest BCUT2D eigenvalue weighted by Crippen LogP contribution is -2.32. The average molecular weight is 553 g/mol. The molecule has 1 N–H and O–H groups in total. The second-order valence-electron chi connectivity index (χ2n) is 9.38. The molecule has 4 aromatic carbocycles. The molecule has 0 radical (unpaired) electrons. The van der Waals surface area contributed by atoms with E-state index in [0.29, 0.717) is 16.4 Å². The molecule has 4 aromatic rings. The molecule has 1 saturated heterocycles. The highest BCUT2D eigenvalue weighted by Gasteiger charge is 2.34. The largest absolute Gasteiger partial charge is 0.491 e. The number of nitrogens with zero attached hydrogens (tertiary/aromatic N) is 1. The SMILES string of the molecule is Cc1ccc(NC(=O)COc2ccc(/C=C3\SC(=O)N(CCOc4cccc5ccccc45)C3=O)cc2)c(C)c1. The Bertz CT molecular complexity index is 1610. The molecular weight excluding hydrogens is 524 g/mol. The summed E-state index contributed by atoms with van der Waals surface area (Å²) in [6.45, 7) is 4.16. The van der Waals surface area contributed by atoms with Gasteiger partial charge in [-0.25, -0.2) is 0 Å². The number of carbonyl (C=O) groups excluding carboxylic acids is 3. The van der Waals surface area contributed by atoms with E-state index >= 15 is 0 Å². The van der Waals surface area contributed by atoms with E-state index < -0.39 is 0 Å². The predicted octanol–water partition coefficient (Wildman–Crippen LogP) is 6.59. The fourth-order valence-electron chi connectivity index (χ4n) is 4.36. The Morgan fingerprint density at radius 3 is 2.50 bits per heavy atom. The van der Waals surface area contributed by atoms with Gasteiger partial charge < -0.3 is 14.8 Å². The van der Waals surface area contributed by atoms with Gasteiger partial charge in [-0.1, -0.05) is 66.2 Å². The van der Waals surface area contributed by atoms with Crippen molar-refractivity contribution in [1.82, 2.24) is 4.90 Å². The molecule has 0 spiro atoms. The molecular formula is C32H28N2O5S. The van der Waals surface area contributed by atoms with Gasteiger partial charge in [0.25, 0.3) is 17.1 Å². The molecule has 8 heteroatoms. The van der Waals surface area contributed by atoms with Crippen molar-refractivity contribution in [3.8, 4) is 11.5 Å². The fraction of sp³-hybridized carbons (Fsp3) is 0.156. The summed E-state index contributed by atoms with van der Waals surface area (Å²) in [6.07, 6.45) is 1.67. The standard InChI is InChI=1S/C32H28N2O5S/c1-21-10-15-27(22(2)18-21)33-30(35)20-39-25-13-11-23(12-14-25)19-29-31(36)34(32(37)40-29)16-17-38-28-9-5-7-24-6-3-4-8-26(24)28/h3-15,18-19H,16-17,20H2,1-2H3,(H,33,35)/b29-19-. The molecule has 0 saturated carbocycles. The molecule has 5 rings (SSSR count). The van der Waals surface area contributed by atoms with Gasteiger partial charge in [-0.05, 0) is 72.5 Å². The maximum Gasteiger partial charge on any atom is 0.293 e. The molecule has 0 aliphatic carbocycles. The van der Waals surface area contributed by atoms with Crippen LogP contribution in [0.15, 0.2) is 89.8 Å². The minimum atomic E-state index is -0.347. The molecule has 40 heavy (non-hydrogen) atoms. The highest BCUT2D eigenvalue weighted by atomic mass is 32.2. The van der Waals surface area contributed by atoms with Gasteiger partial charge in [0.2, 0.25) is 0 Å². The quantitative estimate of drug-likeness (QED) is 0.236. The third kappa shape index (κ3) is 6.35. The molecule has 0 bridgehead atoms. The molecule has 1 heterocycles. The summed E-state index contributed by atoms with van der Waals surface area (Å²) in [4.78, 5) is 39.3. The lowest BCUT2D eigenvalue weighted by atomic mass is 10.1. The maximum atomic E-state index is 12.9. The summed E-state index contributed by atoms with van der Waals surface area (Å²) in [6, 6.07) is 26.5. The third-order valence-electron chi connectivity index (χ3n) is 6.40. The molecule has 202 valence electrons. The van der Waals surface area contributed by atoms with Crippen molar-refractivity contribution in [3.05, 3.63) is 107 Å². The van der Waals surface area contributed by atoms with Gasteiger partial charge in [0.05, 0.1) is 11.4 Å². The smallest absolute Gasteiger partial charge is 0.293 e. The first-order chi connectivity index (χ1) is 19.4. The number of hydrogen-bond donors (Lipinski definition) is 1. The van der Waals surface area contributed by atoms with Gasteiger partial charge >= 0.3 is 0 Å². The van der Waals surface area contributed by atoms with Crippen LogP contribution in [0, 0.1) is 13.8 Å². The molecule has 1 aliphatic heterocycles. The van der Waals surface area contributed by atoms with Gasteiger partial charge in [0.15, 0.2) is 6.61 Å². The van der Waals surface area contributed by atoms with Crippen LogP contribution in [-0.4, -0.2) is 41.7 Å². The van der Waals surface area contributed by atoms with Gasteiger partial charge in [-0.2, -0.15) is 0 Å². The highest BCUT2D eigenvalue weighted by Crippen LogP contribution is 2.32. The zero-order chi connectivity index (χ0) is 28.1. The summed E-state index contributed by atoms with van der Waals surface area (Å²) in [5.74, 6) is 0.631. The molecule has 7 nitrogen and oxygen atoms in total. The Hall–Kier alpha value is -4.56. The number of thioether (sulfide) groups is 1. The van der Waals surface area contributed by atoms with E-state index in [4.69, 9.17) is 9.47 Å². The average Bonchev–Trinajstić information content (AvgIpc) is 3.21. The van der Waals surface area contributed by atoms with Crippen molar-refractivity contribution < 1.29 is 23.9 Å². The number of fused-ring (bicyclic) bond motifs is 1. The highest BCUT2D eigenvalue weighted by molar-refractivity contribution is 8.18. The number of amides is 3. The van der Waals surface area contributed by atoms with Crippen molar-refractivity contribution in [2.75, 3.05) is 25.1 Å². The normalized spacial score (nSPS) is 14.2. The number of ether oxygens (including phenoxy) is 2. The van der Waals surface area contributed by atoms with E-state index in [2.05, 4.69) is 5.32 Å². The second-order valence-corrected chi connectivity index (χ2v) is 10.4. The molecule has 0 aromatic heterocycles. The van der Waals surface area contributed by atoms with Crippen LogP contribution in [0.25, 0.3) is 16.8 Å². The number of aryl methyl sites for hydroxylation is 2. The summed E-state index contributed by atoms with van der Waals surface area (Å²) in [5.41, 5.74) is 3.61. The molecule has 1 fully saturated rings. The summed E-state index contributed by atoms with van der Waals surface area (Å²) in [5, 5.41) is 4.57. The van der Waals surface area contributed by atoms with E-state index in [1.165, 1.54) is 4.90 Å². The number of imide groups is 1. The number of anilines is 1. The van der Waals surface area contributed by atoms with Crippen LogP contribution >= 0.6 is 11.8 Å². The number of carbonyl (C=O) groups is 3.